The number of piperidine rings is 1. The molecule has 3 aliphatic rings. The molecule has 216 valence electrons. The number of hydrogen-bond acceptors (Lipinski definition) is 7. The zero-order valence-corrected chi connectivity index (χ0v) is 21.5. The molecule has 0 spiro atoms. The molecule has 3 fully saturated rings. The Bertz CT molecular complexity index is 1230. The molecule has 40 heavy (non-hydrogen) atoms. The Hall–Kier alpha value is -3.55. The molecule has 2 aromatic rings. The monoisotopic (exact) mass is 568 g/mol. The van der Waals surface area contributed by atoms with Gasteiger partial charge in [0.2, 0.25) is 5.95 Å². The van der Waals surface area contributed by atoms with Gasteiger partial charge in [-0.15, -0.1) is 0 Å². The Balaban J connectivity index is 1.08. The Morgan fingerprint density at radius 3 is 2.27 bits per heavy atom. The van der Waals surface area contributed by atoms with Crippen LogP contribution < -0.4 is 10.2 Å². The molecule has 2 amide bonds. The van der Waals surface area contributed by atoms with E-state index in [9.17, 15) is 31.9 Å². The lowest BCUT2D eigenvalue weighted by atomic mass is 9.83. The van der Waals surface area contributed by atoms with Crippen molar-refractivity contribution in [3.05, 3.63) is 47.3 Å². The average Bonchev–Trinajstić information content (AvgIpc) is 2.92. The van der Waals surface area contributed by atoms with E-state index in [2.05, 4.69) is 20.4 Å². The van der Waals surface area contributed by atoms with Gasteiger partial charge in [-0.1, -0.05) is 5.16 Å². The number of nitrogens with zero attached hydrogens (tertiary/aromatic N) is 5. The summed E-state index contributed by atoms with van der Waals surface area (Å²) in [4.78, 5) is 28.6. The number of alkyl halides is 3. The molecule has 3 heterocycles. The molecule has 0 atom stereocenters. The third-order valence-electron chi connectivity index (χ3n) is 7.50. The number of oxime groups is 1. The van der Waals surface area contributed by atoms with Gasteiger partial charge in [-0.05, 0) is 43.2 Å². The minimum Gasteiger partial charge on any atom is -0.392 e. The lowest BCUT2D eigenvalue weighted by Gasteiger charge is -2.35. The van der Waals surface area contributed by atoms with Gasteiger partial charge in [0, 0.05) is 44.4 Å². The number of aliphatic hydroxyl groups is 1. The fourth-order valence-corrected chi connectivity index (χ4v) is 5.08. The predicted octanol–water partition coefficient (Wildman–Crippen LogP) is 4.68. The van der Waals surface area contributed by atoms with Crippen LogP contribution in [0.25, 0.3) is 0 Å². The van der Waals surface area contributed by atoms with E-state index in [-0.39, 0.29) is 42.3 Å². The summed E-state index contributed by atoms with van der Waals surface area (Å²) in [6, 6.07) is 1.54. The molecule has 14 heteroatoms. The molecule has 2 N–H and O–H groups in total. The van der Waals surface area contributed by atoms with Crippen molar-refractivity contribution in [1.29, 1.82) is 0 Å². The van der Waals surface area contributed by atoms with Gasteiger partial charge < -0.3 is 25.1 Å². The molecule has 2 aliphatic heterocycles. The molecule has 5 rings (SSSR count). The molecule has 0 unspecified atom stereocenters. The van der Waals surface area contributed by atoms with Crippen LogP contribution in [-0.2, 0) is 11.0 Å². The molecule has 1 aromatic carbocycles. The Labute approximate surface area is 227 Å². The summed E-state index contributed by atoms with van der Waals surface area (Å²) in [7, 11) is 0. The third kappa shape index (κ3) is 6.43. The van der Waals surface area contributed by atoms with Crippen molar-refractivity contribution in [2.75, 3.05) is 36.4 Å². The number of benzene rings is 1. The number of aromatic nitrogens is 2. The van der Waals surface area contributed by atoms with Crippen molar-refractivity contribution in [2.45, 2.75) is 62.8 Å². The van der Waals surface area contributed by atoms with Crippen LogP contribution in [0.15, 0.2) is 29.7 Å². The van der Waals surface area contributed by atoms with Gasteiger partial charge >= 0.3 is 12.2 Å². The first-order chi connectivity index (χ1) is 19.1. The lowest BCUT2D eigenvalue weighted by Crippen LogP contribution is -2.54. The van der Waals surface area contributed by atoms with Crippen LogP contribution in [0.1, 0.15) is 55.6 Å². The molecule has 1 saturated carbocycles. The molecular weight excluding hydrogens is 539 g/mol. The van der Waals surface area contributed by atoms with E-state index in [1.807, 2.05) is 0 Å². The highest BCUT2D eigenvalue weighted by atomic mass is 19.4. The van der Waals surface area contributed by atoms with E-state index in [1.54, 1.807) is 4.90 Å². The summed E-state index contributed by atoms with van der Waals surface area (Å²) in [6.45, 7) is 1.34. The van der Waals surface area contributed by atoms with Gasteiger partial charge in [0.25, 0.3) is 0 Å². The van der Waals surface area contributed by atoms with Crippen LogP contribution in [0.3, 0.4) is 0 Å². The number of carbonyl (C=O) groups is 1. The van der Waals surface area contributed by atoms with Crippen molar-refractivity contribution in [1.82, 2.24) is 14.9 Å². The van der Waals surface area contributed by atoms with E-state index in [0.29, 0.717) is 51.6 Å². The standard InChI is InChI=1S/C26H29F5N6O3/c27-21-10-23(34-25(39)37-13-18(38)14-37)22(28)9-20(21)15-1-3-17(4-2-15)35-40-19-5-7-36(8-6-19)24-32-11-16(12-33-24)26(29,30)31/h9-12,15,18-19,38H,1-8,13-14H2,(H,34,39). The van der Waals surface area contributed by atoms with Crippen molar-refractivity contribution in [3.63, 3.8) is 0 Å². The molecule has 2 saturated heterocycles. The van der Waals surface area contributed by atoms with Crippen LogP contribution in [0, 0.1) is 11.6 Å². The van der Waals surface area contributed by atoms with Gasteiger partial charge in [0.1, 0.15) is 17.7 Å². The Morgan fingerprint density at radius 2 is 1.68 bits per heavy atom. The van der Waals surface area contributed by atoms with Crippen molar-refractivity contribution in [3.8, 4) is 0 Å². The number of rotatable bonds is 5. The van der Waals surface area contributed by atoms with Gasteiger partial charge in [0.15, 0.2) is 0 Å². The number of nitrogens with one attached hydrogen (secondary N) is 1. The second kappa shape index (κ2) is 11.5. The van der Waals surface area contributed by atoms with E-state index in [4.69, 9.17) is 4.84 Å². The number of hydrogen-bond donors (Lipinski definition) is 2. The first-order valence-corrected chi connectivity index (χ1v) is 13.2. The first kappa shape index (κ1) is 28.0. The summed E-state index contributed by atoms with van der Waals surface area (Å²) in [5.41, 5.74) is -0.0350. The number of halogens is 5. The zero-order chi connectivity index (χ0) is 28.4. The van der Waals surface area contributed by atoms with Crippen molar-refractivity contribution >= 4 is 23.4 Å². The maximum atomic E-state index is 14.8. The highest BCUT2D eigenvalue weighted by molar-refractivity contribution is 5.90. The minimum absolute atomic E-state index is 0.148. The van der Waals surface area contributed by atoms with E-state index < -0.39 is 35.5 Å². The maximum absolute atomic E-state index is 14.8. The number of aliphatic hydroxyl groups excluding tert-OH is 1. The smallest absolute Gasteiger partial charge is 0.392 e. The number of β-amino-alcohol motifs (C(OH)–C–C–N with tert-alkyl or cyclic N) is 1. The number of likely N-dealkylation sites (tertiary alicyclic amines) is 1. The highest BCUT2D eigenvalue weighted by Crippen LogP contribution is 2.35. The third-order valence-corrected chi connectivity index (χ3v) is 7.50. The molecule has 1 aliphatic carbocycles. The average molecular weight is 569 g/mol. The fourth-order valence-electron chi connectivity index (χ4n) is 5.08. The first-order valence-electron chi connectivity index (χ1n) is 13.2. The van der Waals surface area contributed by atoms with Crippen molar-refractivity contribution < 1.29 is 36.7 Å². The van der Waals surface area contributed by atoms with Crippen molar-refractivity contribution in [2.24, 2.45) is 5.16 Å². The number of urea groups is 1. The SMILES string of the molecule is O=C(Nc1cc(F)c(C2CCC(=NOC3CCN(c4ncc(C(F)(F)F)cn4)CC3)CC2)cc1F)N1CC(O)C1. The van der Waals surface area contributed by atoms with E-state index >= 15 is 0 Å². The highest BCUT2D eigenvalue weighted by Gasteiger charge is 2.32. The number of amides is 2. The zero-order valence-electron chi connectivity index (χ0n) is 21.5. The minimum atomic E-state index is -4.48. The fraction of sp³-hybridized carbons (Fsp3) is 0.538. The number of anilines is 2. The Kier molecular flexibility index (Phi) is 8.06. The van der Waals surface area contributed by atoms with E-state index in [1.165, 1.54) is 4.90 Å². The maximum Gasteiger partial charge on any atom is 0.419 e. The Morgan fingerprint density at radius 1 is 1.02 bits per heavy atom. The van der Waals surface area contributed by atoms with Gasteiger partial charge in [-0.25, -0.2) is 23.5 Å². The molecule has 0 radical (unpaired) electrons. The number of carbonyl (C=O) groups excluding carboxylic acids is 1. The molecule has 1 aromatic heterocycles. The van der Waals surface area contributed by atoms with E-state index in [0.717, 1.165) is 30.2 Å². The van der Waals surface area contributed by atoms with Gasteiger partial charge in [-0.2, -0.15) is 13.2 Å². The summed E-state index contributed by atoms with van der Waals surface area (Å²) < 4.78 is 67.7. The van der Waals surface area contributed by atoms with Crippen LogP contribution in [0.5, 0.6) is 0 Å². The van der Waals surface area contributed by atoms with Crippen LogP contribution >= 0.6 is 0 Å². The lowest BCUT2D eigenvalue weighted by molar-refractivity contribution is -0.138. The normalized spacial score (nSPS) is 20.8. The summed E-state index contributed by atoms with van der Waals surface area (Å²) in [5, 5.41) is 16.0. The summed E-state index contributed by atoms with van der Waals surface area (Å²) in [6.07, 6.45) is -0.175. The van der Waals surface area contributed by atoms with Crippen LogP contribution in [0.2, 0.25) is 0 Å². The predicted molar refractivity (Wildman–Crippen MR) is 135 cm³/mol. The van der Waals surface area contributed by atoms with Gasteiger partial charge in [0.05, 0.1) is 36.2 Å². The quantitative estimate of drug-likeness (QED) is 0.401. The summed E-state index contributed by atoms with van der Waals surface area (Å²) >= 11 is 0. The topological polar surface area (TPSA) is 103 Å². The largest absolute Gasteiger partial charge is 0.419 e. The summed E-state index contributed by atoms with van der Waals surface area (Å²) in [5.74, 6) is -1.27. The van der Waals surface area contributed by atoms with Crippen LogP contribution in [-0.4, -0.2) is 70.1 Å². The molecule has 0 bridgehead atoms. The second-order valence-corrected chi connectivity index (χ2v) is 10.3. The molecular formula is C26H29F5N6O3. The van der Waals surface area contributed by atoms with Crippen LogP contribution in [0.4, 0.5) is 38.4 Å². The molecule has 9 nitrogen and oxygen atoms in total. The van der Waals surface area contributed by atoms with Gasteiger partial charge in [-0.3, -0.25) is 0 Å². The second-order valence-electron chi connectivity index (χ2n) is 10.3.